The number of ether oxygens (including phenoxy) is 1. The van der Waals surface area contributed by atoms with Gasteiger partial charge in [0.15, 0.2) is 11.9 Å². The lowest BCUT2D eigenvalue weighted by atomic mass is 10.1. The Bertz CT molecular complexity index is 892. The molecule has 0 unspecified atom stereocenters. The van der Waals surface area contributed by atoms with Crippen molar-refractivity contribution < 1.29 is 19.1 Å². The minimum atomic E-state index is -0.936. The Balaban J connectivity index is 1.63. The van der Waals surface area contributed by atoms with Crippen LogP contribution in [-0.2, 0) is 9.53 Å². The molecule has 1 atom stereocenters. The monoisotopic (exact) mass is 368 g/mol. The fourth-order valence-corrected chi connectivity index (χ4v) is 3.19. The number of anilines is 1. The van der Waals surface area contributed by atoms with E-state index < -0.39 is 18.0 Å². The summed E-state index contributed by atoms with van der Waals surface area (Å²) in [5.74, 6) is -0.960. The van der Waals surface area contributed by atoms with Crippen molar-refractivity contribution in [2.45, 2.75) is 52.7 Å². The number of aromatic nitrogens is 1. The molecule has 2 aromatic rings. The van der Waals surface area contributed by atoms with E-state index in [1.54, 1.807) is 24.3 Å². The van der Waals surface area contributed by atoms with Crippen molar-refractivity contribution in [3.63, 3.8) is 0 Å². The first-order chi connectivity index (χ1) is 12.8. The van der Waals surface area contributed by atoms with Crippen molar-refractivity contribution in [3.05, 3.63) is 52.8 Å². The Morgan fingerprint density at radius 3 is 2.33 bits per heavy atom. The highest BCUT2D eigenvalue weighted by atomic mass is 16.5. The van der Waals surface area contributed by atoms with Crippen LogP contribution in [0.5, 0.6) is 0 Å². The number of amides is 1. The second-order valence-corrected chi connectivity index (χ2v) is 7.06. The average molecular weight is 368 g/mol. The van der Waals surface area contributed by atoms with Gasteiger partial charge in [0.25, 0.3) is 5.91 Å². The first-order valence-electron chi connectivity index (χ1n) is 9.09. The largest absolute Gasteiger partial charge is 0.449 e. The highest BCUT2D eigenvalue weighted by Gasteiger charge is 2.29. The minimum absolute atomic E-state index is 0.0426. The number of nitrogens with one attached hydrogen (secondary N) is 1. The van der Waals surface area contributed by atoms with Crippen LogP contribution < -0.4 is 5.32 Å². The number of ketones is 1. The second-order valence-electron chi connectivity index (χ2n) is 7.06. The van der Waals surface area contributed by atoms with Gasteiger partial charge < -0.3 is 14.6 Å². The van der Waals surface area contributed by atoms with E-state index in [1.165, 1.54) is 13.8 Å². The first kappa shape index (κ1) is 18.9. The zero-order valence-electron chi connectivity index (χ0n) is 16.0. The molecule has 27 heavy (non-hydrogen) atoms. The van der Waals surface area contributed by atoms with Crippen molar-refractivity contribution in [2.24, 2.45) is 0 Å². The average Bonchev–Trinajstić information content (AvgIpc) is 3.40. The van der Waals surface area contributed by atoms with Crippen molar-refractivity contribution in [1.82, 2.24) is 4.57 Å². The summed E-state index contributed by atoms with van der Waals surface area (Å²) in [6.07, 6.45) is 1.33. The lowest BCUT2D eigenvalue weighted by molar-refractivity contribution is -0.123. The lowest BCUT2D eigenvalue weighted by Crippen LogP contribution is -2.30. The molecule has 3 rings (SSSR count). The summed E-state index contributed by atoms with van der Waals surface area (Å²) in [7, 11) is 0. The summed E-state index contributed by atoms with van der Waals surface area (Å²) < 4.78 is 7.53. The Hall–Kier alpha value is -2.89. The zero-order valence-corrected chi connectivity index (χ0v) is 16.0. The van der Waals surface area contributed by atoms with Crippen molar-refractivity contribution in [1.29, 1.82) is 0 Å². The normalized spacial score (nSPS) is 14.5. The third-order valence-electron chi connectivity index (χ3n) is 4.83. The summed E-state index contributed by atoms with van der Waals surface area (Å²) in [6.45, 7) is 6.90. The van der Waals surface area contributed by atoms with Crippen LogP contribution in [0.3, 0.4) is 0 Å². The number of hydrogen-bond donors (Lipinski definition) is 1. The number of nitrogens with zero attached hydrogens (tertiary/aromatic N) is 1. The number of esters is 1. The van der Waals surface area contributed by atoms with E-state index >= 15 is 0 Å². The molecular formula is C21H24N2O4. The Morgan fingerprint density at radius 2 is 1.78 bits per heavy atom. The number of aryl methyl sites for hydroxylation is 1. The maximum absolute atomic E-state index is 12.5. The molecule has 1 aliphatic carbocycles. The smallest absolute Gasteiger partial charge is 0.340 e. The maximum Gasteiger partial charge on any atom is 0.340 e. The van der Waals surface area contributed by atoms with Crippen molar-refractivity contribution >= 4 is 23.3 Å². The standard InChI is InChI=1S/C21H24N2O4/c1-12-11-19(13(2)23(12)18-9-10-18)21(26)27-15(4)20(25)22-17-7-5-16(6-8-17)14(3)24/h5-8,11,15,18H,9-10H2,1-4H3,(H,22,25)/t15-/m1/s1. The number of carbonyl (C=O) groups excluding carboxylic acids is 3. The highest BCUT2D eigenvalue weighted by molar-refractivity contribution is 5.98. The van der Waals surface area contributed by atoms with Gasteiger partial charge in [-0.3, -0.25) is 9.59 Å². The van der Waals surface area contributed by atoms with E-state index in [-0.39, 0.29) is 5.78 Å². The van der Waals surface area contributed by atoms with Crippen molar-refractivity contribution in [3.8, 4) is 0 Å². The van der Waals surface area contributed by atoms with E-state index in [2.05, 4.69) is 9.88 Å². The molecule has 1 N–H and O–H groups in total. The maximum atomic E-state index is 12.5. The summed E-state index contributed by atoms with van der Waals surface area (Å²) >= 11 is 0. The number of rotatable bonds is 6. The number of hydrogen-bond acceptors (Lipinski definition) is 4. The molecule has 0 saturated heterocycles. The first-order valence-corrected chi connectivity index (χ1v) is 9.09. The Kier molecular flexibility index (Phi) is 5.17. The lowest BCUT2D eigenvalue weighted by Gasteiger charge is -2.14. The van der Waals surface area contributed by atoms with Gasteiger partial charge >= 0.3 is 5.97 Å². The molecule has 0 aliphatic heterocycles. The predicted octanol–water partition coefficient (Wildman–Crippen LogP) is 3.83. The van der Waals surface area contributed by atoms with Crippen LogP contribution in [0.2, 0.25) is 0 Å². The molecule has 1 aromatic heterocycles. The van der Waals surface area contributed by atoms with Crippen LogP contribution in [0.1, 0.15) is 64.8 Å². The quantitative estimate of drug-likeness (QED) is 0.621. The number of benzene rings is 1. The van der Waals surface area contributed by atoms with E-state index in [0.29, 0.717) is 22.9 Å². The van der Waals surface area contributed by atoms with Crippen molar-refractivity contribution in [2.75, 3.05) is 5.32 Å². The molecule has 0 bridgehead atoms. The minimum Gasteiger partial charge on any atom is -0.449 e. The number of carbonyl (C=O) groups is 3. The molecule has 0 spiro atoms. The molecule has 6 nitrogen and oxygen atoms in total. The Morgan fingerprint density at radius 1 is 1.15 bits per heavy atom. The van der Waals surface area contributed by atoms with E-state index in [0.717, 1.165) is 24.2 Å². The molecular weight excluding hydrogens is 344 g/mol. The summed E-state index contributed by atoms with van der Waals surface area (Å²) in [5, 5.41) is 2.69. The molecule has 1 amide bonds. The topological polar surface area (TPSA) is 77.4 Å². The van der Waals surface area contributed by atoms with Gasteiger partial charge in [0.05, 0.1) is 5.56 Å². The van der Waals surface area contributed by atoms with Gasteiger partial charge in [-0.2, -0.15) is 0 Å². The van der Waals surface area contributed by atoms with Gasteiger partial charge in [-0.25, -0.2) is 4.79 Å². The molecule has 1 heterocycles. The predicted molar refractivity (Wildman–Crippen MR) is 102 cm³/mol. The second kappa shape index (κ2) is 7.39. The summed E-state index contributed by atoms with van der Waals surface area (Å²) in [6, 6.07) is 8.87. The highest BCUT2D eigenvalue weighted by Crippen LogP contribution is 2.38. The van der Waals surface area contributed by atoms with Gasteiger partial charge in [0.1, 0.15) is 0 Å². The third-order valence-corrected chi connectivity index (χ3v) is 4.83. The van der Waals surface area contributed by atoms with Crippen LogP contribution in [0.25, 0.3) is 0 Å². The molecule has 0 radical (unpaired) electrons. The Labute approximate surface area is 158 Å². The van der Waals surface area contributed by atoms with Crippen LogP contribution >= 0.6 is 0 Å². The van der Waals surface area contributed by atoms with Crippen LogP contribution in [0, 0.1) is 13.8 Å². The molecule has 1 fully saturated rings. The molecule has 142 valence electrons. The fourth-order valence-electron chi connectivity index (χ4n) is 3.19. The zero-order chi connectivity index (χ0) is 19.7. The van der Waals surface area contributed by atoms with Gasteiger partial charge in [0.2, 0.25) is 0 Å². The van der Waals surface area contributed by atoms with Gasteiger partial charge in [-0.1, -0.05) is 0 Å². The molecule has 1 saturated carbocycles. The van der Waals surface area contributed by atoms with Crippen LogP contribution in [-0.4, -0.2) is 28.3 Å². The molecule has 1 aromatic carbocycles. The number of Topliss-reactive ketones (excluding diaryl/α,β-unsaturated/α-hetero) is 1. The van der Waals surface area contributed by atoms with Gasteiger partial charge in [-0.15, -0.1) is 0 Å². The summed E-state index contributed by atoms with van der Waals surface area (Å²) in [5.41, 5.74) is 3.53. The van der Waals surface area contributed by atoms with Gasteiger partial charge in [0, 0.05) is 28.7 Å². The van der Waals surface area contributed by atoms with Crippen LogP contribution in [0.4, 0.5) is 5.69 Å². The third kappa shape index (κ3) is 4.10. The van der Waals surface area contributed by atoms with Crippen LogP contribution in [0.15, 0.2) is 30.3 Å². The molecule has 1 aliphatic rings. The van der Waals surface area contributed by atoms with E-state index in [1.807, 2.05) is 19.9 Å². The van der Waals surface area contributed by atoms with E-state index in [4.69, 9.17) is 4.74 Å². The SMILES string of the molecule is CC(=O)c1ccc(NC(=O)[C@@H](C)OC(=O)c2cc(C)n(C3CC3)c2C)cc1. The molecule has 6 heteroatoms. The fraction of sp³-hybridized carbons (Fsp3) is 0.381. The van der Waals surface area contributed by atoms with E-state index in [9.17, 15) is 14.4 Å². The van der Waals surface area contributed by atoms with Gasteiger partial charge in [-0.05, 0) is 70.9 Å². The summed E-state index contributed by atoms with van der Waals surface area (Å²) in [4.78, 5) is 36.1.